The number of imidazole rings is 1. The van der Waals surface area contributed by atoms with Crippen LogP contribution in [-0.2, 0) is 16.0 Å². The van der Waals surface area contributed by atoms with Crippen LogP contribution in [0.5, 0.6) is 0 Å². The number of aliphatic carboxylic acids is 1. The van der Waals surface area contributed by atoms with Crippen molar-refractivity contribution < 1.29 is 14.7 Å². The monoisotopic (exact) mass is 298 g/mol. The van der Waals surface area contributed by atoms with Crippen LogP contribution >= 0.6 is 24.8 Å². The highest BCUT2D eigenvalue weighted by atomic mass is 35.5. The van der Waals surface area contributed by atoms with Crippen LogP contribution in [0.3, 0.4) is 0 Å². The molecule has 7 nitrogen and oxygen atoms in total. The van der Waals surface area contributed by atoms with Crippen molar-refractivity contribution in [3.63, 3.8) is 0 Å². The molecule has 0 aliphatic carbocycles. The highest BCUT2D eigenvalue weighted by Crippen LogP contribution is 1.96. The van der Waals surface area contributed by atoms with E-state index in [2.05, 4.69) is 15.3 Å². The lowest BCUT2D eigenvalue weighted by molar-refractivity contribution is -0.141. The topological polar surface area (TPSA) is 121 Å². The van der Waals surface area contributed by atoms with Gasteiger partial charge in [-0.05, 0) is 6.92 Å². The number of halogens is 2. The Bertz CT molecular complexity index is 372. The second-order valence-electron chi connectivity index (χ2n) is 3.46. The van der Waals surface area contributed by atoms with Gasteiger partial charge in [-0.2, -0.15) is 0 Å². The first-order valence-corrected chi connectivity index (χ1v) is 4.76. The van der Waals surface area contributed by atoms with Crippen LogP contribution in [0.2, 0.25) is 0 Å². The van der Waals surface area contributed by atoms with E-state index in [9.17, 15) is 9.59 Å². The molecule has 1 heterocycles. The molecule has 1 aromatic rings. The third-order valence-corrected chi connectivity index (χ3v) is 2.06. The summed E-state index contributed by atoms with van der Waals surface area (Å²) in [7, 11) is 0. The Balaban J connectivity index is 0. The Kier molecular flexibility index (Phi) is 9.24. The second kappa shape index (κ2) is 8.73. The number of carboxylic acid groups (broad SMARTS) is 1. The van der Waals surface area contributed by atoms with E-state index < -0.39 is 24.0 Å². The van der Waals surface area contributed by atoms with Crippen molar-refractivity contribution in [1.29, 1.82) is 0 Å². The molecular weight excluding hydrogens is 283 g/mol. The summed E-state index contributed by atoms with van der Waals surface area (Å²) in [6.45, 7) is 1.38. The van der Waals surface area contributed by atoms with Crippen molar-refractivity contribution in [2.45, 2.75) is 25.4 Å². The molecule has 1 rings (SSSR count). The fraction of sp³-hybridized carbons (Fsp3) is 0.444. The first-order chi connectivity index (χ1) is 7.50. The van der Waals surface area contributed by atoms with Gasteiger partial charge in [0.05, 0.1) is 12.4 Å². The number of hydrogen-bond donors (Lipinski definition) is 4. The predicted molar refractivity (Wildman–Crippen MR) is 70.0 cm³/mol. The fourth-order valence-corrected chi connectivity index (χ4v) is 1.11. The van der Waals surface area contributed by atoms with Gasteiger partial charge >= 0.3 is 5.97 Å². The summed E-state index contributed by atoms with van der Waals surface area (Å²) >= 11 is 0. The van der Waals surface area contributed by atoms with E-state index in [0.29, 0.717) is 0 Å². The first-order valence-electron chi connectivity index (χ1n) is 4.76. The van der Waals surface area contributed by atoms with Gasteiger partial charge in [0.1, 0.15) is 6.04 Å². The molecule has 0 radical (unpaired) electrons. The van der Waals surface area contributed by atoms with Crippen molar-refractivity contribution in [2.24, 2.45) is 5.73 Å². The molecule has 1 amide bonds. The van der Waals surface area contributed by atoms with Crippen LogP contribution in [0, 0.1) is 0 Å². The molecule has 18 heavy (non-hydrogen) atoms. The maximum absolute atomic E-state index is 11.5. The van der Waals surface area contributed by atoms with E-state index >= 15 is 0 Å². The van der Waals surface area contributed by atoms with Crippen LogP contribution in [0.4, 0.5) is 0 Å². The maximum atomic E-state index is 11.5. The van der Waals surface area contributed by atoms with Crippen LogP contribution in [0.1, 0.15) is 12.6 Å². The zero-order valence-corrected chi connectivity index (χ0v) is 11.3. The van der Waals surface area contributed by atoms with Crippen LogP contribution < -0.4 is 11.1 Å². The minimum atomic E-state index is -1.10. The average molecular weight is 299 g/mol. The Labute approximate surface area is 116 Å². The SMILES string of the molecule is C[C@H](NC(=O)[C@@H](N)Cc1cnc[nH]1)C(=O)O.Cl.Cl. The molecular formula is C9H16Cl2N4O3. The Morgan fingerprint density at radius 2 is 2.17 bits per heavy atom. The van der Waals surface area contributed by atoms with Gasteiger partial charge in [-0.3, -0.25) is 9.59 Å². The lowest BCUT2D eigenvalue weighted by Gasteiger charge is -2.13. The van der Waals surface area contributed by atoms with Crippen molar-refractivity contribution in [3.05, 3.63) is 18.2 Å². The number of amides is 1. The number of aromatic amines is 1. The molecule has 104 valence electrons. The summed E-state index contributed by atoms with van der Waals surface area (Å²) in [5.41, 5.74) is 6.33. The number of carboxylic acids is 1. The smallest absolute Gasteiger partial charge is 0.325 e. The minimum Gasteiger partial charge on any atom is -0.480 e. The van der Waals surface area contributed by atoms with Crippen molar-refractivity contribution in [2.75, 3.05) is 0 Å². The summed E-state index contributed by atoms with van der Waals surface area (Å²) in [6, 6.07) is -1.73. The summed E-state index contributed by atoms with van der Waals surface area (Å²) in [6.07, 6.45) is 3.34. The van der Waals surface area contributed by atoms with Gasteiger partial charge in [-0.25, -0.2) is 4.98 Å². The van der Waals surface area contributed by atoms with Gasteiger partial charge < -0.3 is 21.1 Å². The molecule has 2 atom stereocenters. The minimum absolute atomic E-state index is 0. The summed E-state index contributed by atoms with van der Waals surface area (Å²) in [5.74, 6) is -1.59. The molecule has 0 aliphatic heterocycles. The molecule has 0 bridgehead atoms. The largest absolute Gasteiger partial charge is 0.480 e. The van der Waals surface area contributed by atoms with Gasteiger partial charge in [0.2, 0.25) is 5.91 Å². The van der Waals surface area contributed by atoms with Gasteiger partial charge in [0, 0.05) is 18.3 Å². The first kappa shape index (κ1) is 19.0. The van der Waals surface area contributed by atoms with Crippen molar-refractivity contribution >= 4 is 36.7 Å². The highest BCUT2D eigenvalue weighted by molar-refractivity contribution is 5.86. The number of carbonyl (C=O) groups is 2. The molecule has 0 unspecified atom stereocenters. The van der Waals surface area contributed by atoms with Crippen LogP contribution in [-0.4, -0.2) is 39.0 Å². The van der Waals surface area contributed by atoms with E-state index in [0.717, 1.165) is 5.69 Å². The average Bonchev–Trinajstić information content (AvgIpc) is 2.69. The number of H-pyrrole nitrogens is 1. The molecule has 1 aromatic heterocycles. The summed E-state index contributed by atoms with van der Waals surface area (Å²) in [4.78, 5) is 28.6. The molecule has 0 aliphatic rings. The molecule has 0 spiro atoms. The van der Waals surface area contributed by atoms with E-state index in [1.54, 1.807) is 6.20 Å². The van der Waals surface area contributed by atoms with Crippen LogP contribution in [0.25, 0.3) is 0 Å². The molecule has 0 fully saturated rings. The lowest BCUT2D eigenvalue weighted by Crippen LogP contribution is -2.48. The molecule has 9 heteroatoms. The van der Waals surface area contributed by atoms with Crippen molar-refractivity contribution in [1.82, 2.24) is 15.3 Å². The Hall–Kier alpha value is -1.31. The standard InChI is InChI=1S/C9H14N4O3.2ClH/c1-5(9(15)16)13-8(14)7(10)2-6-3-11-4-12-6;;/h3-5,7H,2,10H2,1H3,(H,11,12)(H,13,14)(H,15,16);2*1H/t5-,7-;;/m0../s1. The number of nitrogens with two attached hydrogens (primary N) is 1. The number of aromatic nitrogens is 2. The predicted octanol–water partition coefficient (Wildman–Crippen LogP) is -0.288. The third kappa shape index (κ3) is 5.85. The number of nitrogens with zero attached hydrogens (tertiary/aromatic N) is 1. The van der Waals surface area contributed by atoms with Crippen LogP contribution in [0.15, 0.2) is 12.5 Å². The second-order valence-corrected chi connectivity index (χ2v) is 3.46. The van der Waals surface area contributed by atoms with Gasteiger partial charge in [0.25, 0.3) is 0 Å². The zero-order chi connectivity index (χ0) is 12.1. The van der Waals surface area contributed by atoms with Gasteiger partial charge in [0.15, 0.2) is 0 Å². The quantitative estimate of drug-likeness (QED) is 0.595. The van der Waals surface area contributed by atoms with Gasteiger partial charge in [-0.15, -0.1) is 24.8 Å². The van der Waals surface area contributed by atoms with E-state index in [-0.39, 0.29) is 31.2 Å². The van der Waals surface area contributed by atoms with E-state index in [1.807, 2.05) is 0 Å². The molecule has 0 saturated heterocycles. The molecule has 0 saturated carbocycles. The highest BCUT2D eigenvalue weighted by Gasteiger charge is 2.19. The zero-order valence-electron chi connectivity index (χ0n) is 9.62. The van der Waals surface area contributed by atoms with Crippen molar-refractivity contribution in [3.8, 4) is 0 Å². The maximum Gasteiger partial charge on any atom is 0.325 e. The number of nitrogens with one attached hydrogen (secondary N) is 2. The Morgan fingerprint density at radius 1 is 1.56 bits per heavy atom. The number of carbonyl (C=O) groups excluding carboxylic acids is 1. The van der Waals surface area contributed by atoms with E-state index in [1.165, 1.54) is 13.3 Å². The van der Waals surface area contributed by atoms with E-state index in [4.69, 9.17) is 10.8 Å². The normalized spacial score (nSPS) is 12.6. The number of rotatable bonds is 5. The Morgan fingerprint density at radius 3 is 2.61 bits per heavy atom. The fourth-order valence-electron chi connectivity index (χ4n) is 1.11. The lowest BCUT2D eigenvalue weighted by atomic mass is 10.1. The summed E-state index contributed by atoms with van der Waals surface area (Å²) < 4.78 is 0. The molecule has 5 N–H and O–H groups in total. The third-order valence-electron chi connectivity index (χ3n) is 2.06. The summed E-state index contributed by atoms with van der Waals surface area (Å²) in [5, 5.41) is 10.9. The number of hydrogen-bond acceptors (Lipinski definition) is 4. The van der Waals surface area contributed by atoms with Gasteiger partial charge in [-0.1, -0.05) is 0 Å². The molecule has 0 aromatic carbocycles.